The van der Waals surface area contributed by atoms with Crippen LogP contribution < -0.4 is 11.1 Å². The maximum Gasteiger partial charge on any atom is 0.325 e. The van der Waals surface area contributed by atoms with Gasteiger partial charge in [0.25, 0.3) is 0 Å². The Kier molecular flexibility index (Phi) is 12.4. The van der Waals surface area contributed by atoms with Crippen LogP contribution in [0.1, 0.15) is 87.1 Å². The van der Waals surface area contributed by atoms with E-state index in [-0.39, 0.29) is 18.6 Å². The van der Waals surface area contributed by atoms with E-state index in [1.807, 2.05) is 0 Å². The summed E-state index contributed by atoms with van der Waals surface area (Å²) in [6.07, 6.45) is 7.12. The smallest absolute Gasteiger partial charge is 0.325 e. The molecule has 4 atom stereocenters. The molecule has 42 heavy (non-hydrogen) atoms. The summed E-state index contributed by atoms with van der Waals surface area (Å²) in [6, 6.07) is 5.06. The molecule has 2 amide bonds. The first-order chi connectivity index (χ1) is 20.0. The molecule has 1 aromatic carbocycles. The van der Waals surface area contributed by atoms with E-state index in [0.29, 0.717) is 10.5 Å². The van der Waals surface area contributed by atoms with Crippen molar-refractivity contribution in [3.63, 3.8) is 0 Å². The first-order valence-electron chi connectivity index (χ1n) is 14.7. The Labute approximate surface area is 245 Å². The average Bonchev–Trinajstić information content (AvgIpc) is 3.19. The maximum atomic E-state index is 14.5. The summed E-state index contributed by atoms with van der Waals surface area (Å²) in [5, 5.41) is 21.2. The number of urea groups is 1. The van der Waals surface area contributed by atoms with Crippen molar-refractivity contribution in [1.82, 2.24) is 10.2 Å². The zero-order valence-corrected chi connectivity index (χ0v) is 24.1. The largest absolute Gasteiger partial charge is 0.465 e. The number of hydrogen-bond acceptors (Lipinski definition) is 8. The number of halogens is 2. The zero-order chi connectivity index (χ0) is 30.8. The van der Waals surface area contributed by atoms with Gasteiger partial charge in [-0.15, -0.1) is 0 Å². The van der Waals surface area contributed by atoms with E-state index in [0.717, 1.165) is 31.5 Å². The van der Waals surface area contributed by atoms with Crippen molar-refractivity contribution < 1.29 is 42.9 Å². The van der Waals surface area contributed by atoms with E-state index in [9.17, 15) is 33.4 Å². The third-order valence-corrected chi connectivity index (χ3v) is 7.59. The summed E-state index contributed by atoms with van der Waals surface area (Å²) in [5.74, 6) is -5.17. The summed E-state index contributed by atoms with van der Waals surface area (Å²) in [7, 11) is 0. The lowest BCUT2D eigenvalue weighted by molar-refractivity contribution is -0.145. The molecule has 2 aliphatic heterocycles. The molecule has 12 heteroatoms. The van der Waals surface area contributed by atoms with Crippen LogP contribution in [0.25, 0.3) is 0 Å². The number of carbonyl (C=O) groups excluding carboxylic acids is 3. The Morgan fingerprint density at radius 1 is 1.07 bits per heavy atom. The molecule has 10 nitrogen and oxygen atoms in total. The monoisotopic (exact) mass is 595 g/mol. The number of benzene rings is 1. The van der Waals surface area contributed by atoms with E-state index in [1.165, 1.54) is 51.0 Å². The Bertz CT molecular complexity index is 1100. The Balaban J connectivity index is 1.52. The molecule has 1 aromatic rings. The third-order valence-electron chi connectivity index (χ3n) is 7.59. The van der Waals surface area contributed by atoms with Crippen molar-refractivity contribution in [3.8, 4) is 0 Å². The first kappa shape index (κ1) is 33.6. The van der Waals surface area contributed by atoms with Crippen LogP contribution in [-0.4, -0.2) is 76.1 Å². The lowest BCUT2D eigenvalue weighted by atomic mass is 9.92. The van der Waals surface area contributed by atoms with Gasteiger partial charge in [0.1, 0.15) is 6.10 Å². The second-order valence-electron chi connectivity index (χ2n) is 10.9. The van der Waals surface area contributed by atoms with Gasteiger partial charge in [0.05, 0.1) is 19.6 Å². The number of ketones is 1. The molecule has 1 unspecified atom stereocenters. The number of nitrogens with two attached hydrogens (primary N) is 1. The van der Waals surface area contributed by atoms with Crippen molar-refractivity contribution >= 4 is 17.8 Å². The molecule has 3 rings (SSSR count). The Hall–Kier alpha value is -2.93. The SMILES string of the molecule is CCCCCCCCCCCCOC(=O)Cc1ccccc1C(=O)C1(N)C=CN([C@@H]2O[C@H](CO)[C@@H](O)C2(F)F)C(=O)N1. The standard InChI is InChI=1S/C30H43F2N3O7/c1-2-3-4-5-6-7-8-9-10-13-18-41-24(37)19-21-14-11-12-15-22(21)25(38)29(33)16-17-35(28(40)34-29)27-30(31,32)26(39)23(20-36)42-27/h11-12,14-17,23,26-27,36,39H,2-10,13,18-20,33H2,1H3,(H,34,40)/t23-,26-,27-,29?/m1/s1. The second-order valence-corrected chi connectivity index (χ2v) is 10.9. The second kappa shape index (κ2) is 15.5. The van der Waals surface area contributed by atoms with Crippen LogP contribution in [0, 0.1) is 0 Å². The molecule has 1 fully saturated rings. The summed E-state index contributed by atoms with van der Waals surface area (Å²) >= 11 is 0. The molecule has 234 valence electrons. The van der Waals surface area contributed by atoms with Crippen LogP contribution in [0.5, 0.6) is 0 Å². The van der Waals surface area contributed by atoms with E-state index in [4.69, 9.17) is 15.2 Å². The molecule has 0 radical (unpaired) electrons. The van der Waals surface area contributed by atoms with Gasteiger partial charge in [-0.25, -0.2) is 4.79 Å². The van der Waals surface area contributed by atoms with Gasteiger partial charge >= 0.3 is 17.9 Å². The number of nitrogens with zero attached hydrogens (tertiary/aromatic N) is 1. The van der Waals surface area contributed by atoms with Gasteiger partial charge < -0.3 is 25.0 Å². The molecule has 1 saturated heterocycles. The number of amides is 2. The summed E-state index contributed by atoms with van der Waals surface area (Å²) in [5.41, 5.74) is 4.48. The first-order valence-corrected chi connectivity index (χ1v) is 14.7. The summed E-state index contributed by atoms with van der Waals surface area (Å²) < 4.78 is 39.4. The molecule has 0 aromatic heterocycles. The summed E-state index contributed by atoms with van der Waals surface area (Å²) in [4.78, 5) is 39.2. The lowest BCUT2D eigenvalue weighted by Gasteiger charge is -2.37. The number of carbonyl (C=O) groups is 3. The van der Waals surface area contributed by atoms with Gasteiger partial charge in [0.15, 0.2) is 11.8 Å². The fourth-order valence-corrected chi connectivity index (χ4v) is 5.09. The zero-order valence-electron chi connectivity index (χ0n) is 24.1. The normalized spacial score (nSPS) is 25.0. The van der Waals surface area contributed by atoms with Crippen LogP contribution in [0.2, 0.25) is 0 Å². The maximum absolute atomic E-state index is 14.5. The lowest BCUT2D eigenvalue weighted by Crippen LogP contribution is -2.67. The molecule has 0 aliphatic carbocycles. The Morgan fingerprint density at radius 3 is 2.29 bits per heavy atom. The third kappa shape index (κ3) is 8.33. The van der Waals surface area contributed by atoms with Gasteiger partial charge in [-0.2, -0.15) is 8.78 Å². The predicted molar refractivity (Wildman–Crippen MR) is 150 cm³/mol. The van der Waals surface area contributed by atoms with Gasteiger partial charge in [-0.05, 0) is 18.1 Å². The fraction of sp³-hybridized carbons (Fsp3) is 0.633. The molecule has 2 heterocycles. The number of Topliss-reactive ketones (excluding diaryl/α,β-unsaturated/α-hetero) is 1. The van der Waals surface area contributed by atoms with Crippen molar-refractivity contribution in [2.45, 2.75) is 108 Å². The van der Waals surface area contributed by atoms with Crippen molar-refractivity contribution in [1.29, 1.82) is 0 Å². The number of nitrogens with one attached hydrogen (secondary N) is 1. The van der Waals surface area contributed by atoms with Gasteiger partial charge in [0, 0.05) is 11.8 Å². The minimum atomic E-state index is -3.89. The van der Waals surface area contributed by atoms with Crippen molar-refractivity contribution in [2.75, 3.05) is 13.2 Å². The molecular weight excluding hydrogens is 552 g/mol. The highest BCUT2D eigenvalue weighted by molar-refractivity contribution is 6.08. The van der Waals surface area contributed by atoms with E-state index in [2.05, 4.69) is 12.2 Å². The minimum Gasteiger partial charge on any atom is -0.465 e. The van der Waals surface area contributed by atoms with Crippen LogP contribution in [0.15, 0.2) is 36.5 Å². The molecular formula is C30H43F2N3O7. The van der Waals surface area contributed by atoms with E-state index in [1.54, 1.807) is 18.2 Å². The number of rotatable bonds is 17. The molecule has 0 spiro atoms. The van der Waals surface area contributed by atoms with Crippen LogP contribution in [0.3, 0.4) is 0 Å². The highest BCUT2D eigenvalue weighted by atomic mass is 19.3. The van der Waals surface area contributed by atoms with Crippen molar-refractivity contribution in [3.05, 3.63) is 47.7 Å². The quantitative estimate of drug-likeness (QED) is 0.121. The number of esters is 1. The highest BCUT2D eigenvalue weighted by Crippen LogP contribution is 2.39. The average molecular weight is 596 g/mol. The van der Waals surface area contributed by atoms with Crippen LogP contribution in [0.4, 0.5) is 13.6 Å². The number of aliphatic hydroxyl groups excluding tert-OH is 2. The van der Waals surface area contributed by atoms with Gasteiger partial charge in [0.2, 0.25) is 12.0 Å². The molecule has 5 N–H and O–H groups in total. The summed E-state index contributed by atoms with van der Waals surface area (Å²) in [6.45, 7) is 1.60. The molecule has 2 aliphatic rings. The van der Waals surface area contributed by atoms with Crippen LogP contribution >= 0.6 is 0 Å². The Morgan fingerprint density at radius 2 is 1.69 bits per heavy atom. The predicted octanol–water partition coefficient (Wildman–Crippen LogP) is 3.78. The van der Waals surface area contributed by atoms with E-state index >= 15 is 0 Å². The minimum absolute atomic E-state index is 0.0625. The number of alkyl halides is 2. The van der Waals surface area contributed by atoms with E-state index < -0.39 is 54.4 Å². The highest BCUT2D eigenvalue weighted by Gasteiger charge is 2.61. The fourth-order valence-electron chi connectivity index (χ4n) is 5.09. The van der Waals surface area contributed by atoms with Gasteiger partial charge in [-0.1, -0.05) is 89.0 Å². The van der Waals surface area contributed by atoms with Crippen molar-refractivity contribution in [2.24, 2.45) is 5.73 Å². The number of unbranched alkanes of at least 4 members (excludes halogenated alkanes) is 9. The number of aliphatic hydroxyl groups is 2. The van der Waals surface area contributed by atoms with Crippen LogP contribution in [-0.2, 0) is 20.7 Å². The molecule has 0 saturated carbocycles. The number of ether oxygens (including phenoxy) is 2. The topological polar surface area (TPSA) is 151 Å². The van der Waals surface area contributed by atoms with Gasteiger partial charge in [-0.3, -0.25) is 20.2 Å². The molecule has 0 bridgehead atoms. The number of hydrogen-bond donors (Lipinski definition) is 4.